The van der Waals surface area contributed by atoms with Crippen molar-refractivity contribution in [1.29, 1.82) is 0 Å². The summed E-state index contributed by atoms with van der Waals surface area (Å²) >= 11 is 3.21. The molecule has 0 aromatic carbocycles. The summed E-state index contributed by atoms with van der Waals surface area (Å²) in [7, 11) is 0. The van der Waals surface area contributed by atoms with Crippen LogP contribution in [0.5, 0.6) is 0 Å². The number of alkyl halides is 1. The fourth-order valence-electron chi connectivity index (χ4n) is 0.830. The zero-order valence-corrected chi connectivity index (χ0v) is 6.85. The van der Waals surface area contributed by atoms with E-state index >= 15 is 0 Å². The quantitative estimate of drug-likeness (QED) is 0.430. The number of hydrogen-bond donors (Lipinski definition) is 0. The summed E-state index contributed by atoms with van der Waals surface area (Å²) < 4.78 is 4.91. The highest BCUT2D eigenvalue weighted by atomic mass is 79.9. The molecule has 1 rings (SSSR count). The van der Waals surface area contributed by atoms with Crippen LogP contribution in [0, 0.1) is 0 Å². The van der Waals surface area contributed by atoms with Gasteiger partial charge in [0, 0.05) is 0 Å². The third-order valence-corrected chi connectivity index (χ3v) is 2.23. The molecular weight excluding hydrogens is 184 g/mol. The lowest BCUT2D eigenvalue weighted by Crippen LogP contribution is -2.29. The van der Waals surface area contributed by atoms with Gasteiger partial charge in [-0.25, -0.2) is 0 Å². The van der Waals surface area contributed by atoms with Crippen LogP contribution in [0.15, 0.2) is 0 Å². The van der Waals surface area contributed by atoms with Gasteiger partial charge in [-0.15, -0.1) is 0 Å². The predicted molar refractivity (Wildman–Crippen MR) is 37.5 cm³/mol. The molecular formula is C6H9BrO2. The molecule has 3 heteroatoms. The molecule has 2 nitrogen and oxygen atoms in total. The van der Waals surface area contributed by atoms with Crippen LogP contribution < -0.4 is 0 Å². The molecule has 0 bridgehead atoms. The number of ether oxygens (including phenoxy) is 1. The summed E-state index contributed by atoms with van der Waals surface area (Å²) in [5.74, 6) is -0.117. The van der Waals surface area contributed by atoms with Crippen LogP contribution in [0.25, 0.3) is 0 Å². The van der Waals surface area contributed by atoms with Gasteiger partial charge in [0.05, 0.1) is 6.10 Å². The van der Waals surface area contributed by atoms with E-state index in [0.29, 0.717) is 0 Å². The Morgan fingerprint density at radius 2 is 2.33 bits per heavy atom. The van der Waals surface area contributed by atoms with Gasteiger partial charge in [0.15, 0.2) is 0 Å². The molecule has 0 radical (unpaired) electrons. The van der Waals surface area contributed by atoms with Crippen LogP contribution in [-0.4, -0.2) is 16.9 Å². The highest BCUT2D eigenvalue weighted by Crippen LogP contribution is 2.19. The summed E-state index contributed by atoms with van der Waals surface area (Å²) in [5, 5.41) is 0. The number of rotatable bonds is 0. The van der Waals surface area contributed by atoms with Crippen molar-refractivity contribution < 1.29 is 9.53 Å². The van der Waals surface area contributed by atoms with Crippen LogP contribution in [0.3, 0.4) is 0 Å². The average Bonchev–Trinajstić information content (AvgIpc) is 1.80. The summed E-state index contributed by atoms with van der Waals surface area (Å²) in [6.07, 6.45) is 1.99. The standard InChI is InChI=1S/C6H9BrO2/c1-4-2-3-5(7)6(8)9-4/h4-5H,2-3H2,1H3. The van der Waals surface area contributed by atoms with Crippen molar-refractivity contribution in [3.05, 3.63) is 0 Å². The Bertz CT molecular complexity index is 124. The average molecular weight is 193 g/mol. The van der Waals surface area contributed by atoms with Gasteiger partial charge in [-0.05, 0) is 19.8 Å². The number of carbonyl (C=O) groups is 1. The minimum Gasteiger partial charge on any atom is -0.462 e. The molecule has 1 aliphatic rings. The molecule has 52 valence electrons. The van der Waals surface area contributed by atoms with Crippen molar-refractivity contribution in [2.24, 2.45) is 0 Å². The van der Waals surface area contributed by atoms with Gasteiger partial charge in [0.1, 0.15) is 4.83 Å². The second kappa shape index (κ2) is 2.69. The molecule has 0 aromatic heterocycles. The maximum absolute atomic E-state index is 10.7. The lowest BCUT2D eigenvalue weighted by molar-refractivity contribution is -0.151. The summed E-state index contributed by atoms with van der Waals surface area (Å²) in [6, 6.07) is 0. The molecule has 0 amide bonds. The van der Waals surface area contributed by atoms with Gasteiger partial charge in [0.25, 0.3) is 0 Å². The molecule has 1 heterocycles. The molecule has 0 aromatic rings. The van der Waals surface area contributed by atoms with Crippen molar-refractivity contribution in [1.82, 2.24) is 0 Å². The summed E-state index contributed by atoms with van der Waals surface area (Å²) in [5.41, 5.74) is 0. The first-order chi connectivity index (χ1) is 4.20. The molecule has 2 unspecified atom stereocenters. The monoisotopic (exact) mass is 192 g/mol. The van der Waals surface area contributed by atoms with E-state index in [1.165, 1.54) is 0 Å². The number of halogens is 1. The second-order valence-electron chi connectivity index (χ2n) is 2.29. The van der Waals surface area contributed by atoms with E-state index < -0.39 is 0 Å². The lowest BCUT2D eigenvalue weighted by atomic mass is 10.1. The number of cyclic esters (lactones) is 1. The zero-order valence-electron chi connectivity index (χ0n) is 5.26. The van der Waals surface area contributed by atoms with Gasteiger partial charge in [0.2, 0.25) is 0 Å². The van der Waals surface area contributed by atoms with Crippen LogP contribution in [-0.2, 0) is 9.53 Å². The molecule has 1 aliphatic heterocycles. The van der Waals surface area contributed by atoms with Gasteiger partial charge < -0.3 is 4.74 Å². The number of hydrogen-bond acceptors (Lipinski definition) is 2. The van der Waals surface area contributed by atoms with Gasteiger partial charge in [-0.1, -0.05) is 15.9 Å². The van der Waals surface area contributed by atoms with Crippen molar-refractivity contribution in [2.45, 2.75) is 30.7 Å². The first-order valence-electron chi connectivity index (χ1n) is 3.04. The topological polar surface area (TPSA) is 26.3 Å². The normalized spacial score (nSPS) is 36.0. The van der Waals surface area contributed by atoms with Crippen molar-refractivity contribution in [3.63, 3.8) is 0 Å². The lowest BCUT2D eigenvalue weighted by Gasteiger charge is -2.21. The first-order valence-corrected chi connectivity index (χ1v) is 3.96. The smallest absolute Gasteiger partial charge is 0.319 e. The van der Waals surface area contributed by atoms with E-state index in [1.54, 1.807) is 0 Å². The first kappa shape index (κ1) is 7.06. The zero-order chi connectivity index (χ0) is 6.85. The third-order valence-electron chi connectivity index (χ3n) is 1.40. The van der Waals surface area contributed by atoms with E-state index in [0.717, 1.165) is 12.8 Å². The Kier molecular flexibility index (Phi) is 2.11. The molecule has 2 atom stereocenters. The van der Waals surface area contributed by atoms with Crippen LogP contribution >= 0.6 is 15.9 Å². The minimum atomic E-state index is -0.117. The number of esters is 1. The van der Waals surface area contributed by atoms with E-state index in [1.807, 2.05) is 6.92 Å². The maximum atomic E-state index is 10.7. The van der Waals surface area contributed by atoms with E-state index in [9.17, 15) is 4.79 Å². The van der Waals surface area contributed by atoms with Crippen LogP contribution in [0.2, 0.25) is 0 Å². The second-order valence-corrected chi connectivity index (χ2v) is 3.40. The molecule has 0 spiro atoms. The minimum absolute atomic E-state index is 0.0614. The highest BCUT2D eigenvalue weighted by molar-refractivity contribution is 9.10. The fourth-order valence-corrected chi connectivity index (χ4v) is 1.20. The predicted octanol–water partition coefficient (Wildman–Crippen LogP) is 1.48. The Labute approximate surface area is 62.7 Å². The van der Waals surface area contributed by atoms with Crippen LogP contribution in [0.4, 0.5) is 0 Å². The molecule has 1 saturated heterocycles. The Morgan fingerprint density at radius 3 is 2.78 bits per heavy atom. The van der Waals surface area contributed by atoms with E-state index in [2.05, 4.69) is 15.9 Å². The largest absolute Gasteiger partial charge is 0.462 e. The van der Waals surface area contributed by atoms with Crippen LogP contribution in [0.1, 0.15) is 19.8 Å². The SMILES string of the molecule is CC1CCC(Br)C(=O)O1. The molecule has 0 aliphatic carbocycles. The third kappa shape index (κ3) is 1.68. The van der Waals surface area contributed by atoms with Gasteiger partial charge >= 0.3 is 5.97 Å². The summed E-state index contributed by atoms with van der Waals surface area (Å²) in [4.78, 5) is 10.7. The Balaban J connectivity index is 2.44. The van der Waals surface area contributed by atoms with Crippen molar-refractivity contribution >= 4 is 21.9 Å². The fraction of sp³-hybridized carbons (Fsp3) is 0.833. The van der Waals surface area contributed by atoms with Crippen molar-refractivity contribution in [2.75, 3.05) is 0 Å². The maximum Gasteiger partial charge on any atom is 0.319 e. The summed E-state index contributed by atoms with van der Waals surface area (Å²) in [6.45, 7) is 1.91. The number of carbonyl (C=O) groups excluding carboxylic acids is 1. The molecule has 1 fully saturated rings. The van der Waals surface area contributed by atoms with Gasteiger partial charge in [-0.3, -0.25) is 4.79 Å². The van der Waals surface area contributed by atoms with E-state index in [4.69, 9.17) is 4.74 Å². The van der Waals surface area contributed by atoms with Gasteiger partial charge in [-0.2, -0.15) is 0 Å². The Hall–Kier alpha value is -0.0500. The molecule has 0 saturated carbocycles. The molecule has 9 heavy (non-hydrogen) atoms. The van der Waals surface area contributed by atoms with E-state index in [-0.39, 0.29) is 16.9 Å². The Morgan fingerprint density at radius 1 is 1.67 bits per heavy atom. The molecule has 0 N–H and O–H groups in total. The van der Waals surface area contributed by atoms with Crippen molar-refractivity contribution in [3.8, 4) is 0 Å². The highest BCUT2D eigenvalue weighted by Gasteiger charge is 2.24.